The third-order valence-electron chi connectivity index (χ3n) is 6.36. The number of amides is 1. The average molecular weight is 507 g/mol. The fourth-order valence-corrected chi connectivity index (χ4v) is 4.55. The highest BCUT2D eigenvalue weighted by atomic mass is 19.4. The van der Waals surface area contributed by atoms with E-state index in [1.165, 1.54) is 38.1 Å². The van der Waals surface area contributed by atoms with Gasteiger partial charge in [-0.2, -0.15) is 13.2 Å². The Morgan fingerprint density at radius 2 is 1.75 bits per heavy atom. The summed E-state index contributed by atoms with van der Waals surface area (Å²) in [5, 5.41) is -0.0829. The van der Waals surface area contributed by atoms with Crippen LogP contribution in [0.15, 0.2) is 35.1 Å². The molecular formula is C25H26F4N4O3. The first-order valence-corrected chi connectivity index (χ1v) is 11.5. The van der Waals surface area contributed by atoms with Crippen LogP contribution in [0.2, 0.25) is 0 Å². The highest BCUT2D eigenvalue weighted by Crippen LogP contribution is 2.36. The van der Waals surface area contributed by atoms with Crippen molar-refractivity contribution in [2.75, 3.05) is 13.1 Å². The van der Waals surface area contributed by atoms with Gasteiger partial charge in [0.25, 0.3) is 11.5 Å². The molecule has 11 heteroatoms. The Morgan fingerprint density at radius 1 is 1.14 bits per heavy atom. The molecule has 0 spiro atoms. The minimum atomic E-state index is -4.79. The minimum absolute atomic E-state index is 0.0829. The van der Waals surface area contributed by atoms with Crippen molar-refractivity contribution < 1.29 is 27.1 Å². The van der Waals surface area contributed by atoms with Gasteiger partial charge < -0.3 is 14.6 Å². The predicted octanol–water partition coefficient (Wildman–Crippen LogP) is 4.85. The number of aryl methyl sites for hydroxylation is 1. The van der Waals surface area contributed by atoms with Crippen molar-refractivity contribution in [3.63, 3.8) is 0 Å². The average Bonchev–Trinajstić information content (AvgIpc) is 2.80. The van der Waals surface area contributed by atoms with E-state index in [4.69, 9.17) is 4.74 Å². The summed E-state index contributed by atoms with van der Waals surface area (Å²) in [7, 11) is 0. The van der Waals surface area contributed by atoms with Crippen LogP contribution >= 0.6 is 0 Å². The number of carbonyl (C=O) groups excluding carboxylic acids is 1. The first-order valence-electron chi connectivity index (χ1n) is 11.5. The van der Waals surface area contributed by atoms with Gasteiger partial charge in [-0.15, -0.1) is 0 Å². The molecule has 1 saturated heterocycles. The first-order chi connectivity index (χ1) is 16.8. The number of rotatable bonds is 4. The molecule has 192 valence electrons. The van der Waals surface area contributed by atoms with E-state index in [1.807, 2.05) is 0 Å². The number of nitrogens with one attached hydrogen (secondary N) is 1. The summed E-state index contributed by atoms with van der Waals surface area (Å²) < 4.78 is 61.2. The Labute approximate surface area is 204 Å². The molecule has 3 aromatic rings. The van der Waals surface area contributed by atoms with E-state index in [0.29, 0.717) is 18.7 Å². The number of piperidine rings is 1. The summed E-state index contributed by atoms with van der Waals surface area (Å²) in [5.41, 5.74) is -2.05. The summed E-state index contributed by atoms with van der Waals surface area (Å²) in [6.45, 7) is 7.01. The second-order valence-corrected chi connectivity index (χ2v) is 9.34. The lowest BCUT2D eigenvalue weighted by atomic mass is 9.89. The van der Waals surface area contributed by atoms with Crippen LogP contribution in [0.5, 0.6) is 5.75 Å². The molecule has 2 aromatic heterocycles. The fraction of sp³-hybridized carbons (Fsp3) is 0.440. The first kappa shape index (κ1) is 25.6. The Kier molecular flexibility index (Phi) is 6.76. The van der Waals surface area contributed by atoms with Gasteiger partial charge in [-0.25, -0.2) is 14.4 Å². The standard InChI is InChI=1S/C25H26F4N4O3/c1-12-10-33(11-13(2)20(12)26)24(35)16-5-7-17(8-6-16)36-14(3)18-9-19-22(30-15(4)31-23(19)34)32-21(18)25(27,28)29/h5-9,12-14,20H,10-11H2,1-4H3,(H,30,31,32,34). The molecular weight excluding hydrogens is 480 g/mol. The molecule has 7 nitrogen and oxygen atoms in total. The van der Waals surface area contributed by atoms with Gasteiger partial charge in [0.15, 0.2) is 11.3 Å². The van der Waals surface area contributed by atoms with Crippen molar-refractivity contribution in [3.8, 4) is 5.75 Å². The number of ether oxygens (including phenoxy) is 1. The quantitative estimate of drug-likeness (QED) is 0.511. The lowest BCUT2D eigenvalue weighted by molar-refractivity contribution is -0.142. The molecule has 1 aliphatic rings. The summed E-state index contributed by atoms with van der Waals surface area (Å²) in [6, 6.07) is 7.09. The fourth-order valence-electron chi connectivity index (χ4n) is 4.55. The van der Waals surface area contributed by atoms with Crippen molar-refractivity contribution in [1.82, 2.24) is 19.9 Å². The molecule has 36 heavy (non-hydrogen) atoms. The number of hydrogen-bond donors (Lipinski definition) is 1. The van der Waals surface area contributed by atoms with E-state index in [9.17, 15) is 27.2 Å². The third-order valence-corrected chi connectivity index (χ3v) is 6.36. The summed E-state index contributed by atoms with van der Waals surface area (Å²) in [6.07, 6.45) is -6.88. The number of carbonyl (C=O) groups is 1. The van der Waals surface area contributed by atoms with Crippen molar-refractivity contribution >= 4 is 16.9 Å². The van der Waals surface area contributed by atoms with Crippen molar-refractivity contribution in [2.45, 2.75) is 46.1 Å². The van der Waals surface area contributed by atoms with Gasteiger partial charge in [-0.05, 0) is 44.2 Å². The smallest absolute Gasteiger partial charge is 0.433 e. The van der Waals surface area contributed by atoms with Crippen LogP contribution < -0.4 is 10.3 Å². The van der Waals surface area contributed by atoms with E-state index < -0.39 is 29.7 Å². The summed E-state index contributed by atoms with van der Waals surface area (Å²) in [5.74, 6) is -0.415. The Balaban J connectivity index is 1.57. The van der Waals surface area contributed by atoms with Crippen LogP contribution in [0.25, 0.3) is 11.0 Å². The van der Waals surface area contributed by atoms with Gasteiger partial charge in [-0.3, -0.25) is 9.59 Å². The molecule has 0 aliphatic carbocycles. The Morgan fingerprint density at radius 3 is 2.33 bits per heavy atom. The number of benzene rings is 1. The molecule has 1 N–H and O–H groups in total. The summed E-state index contributed by atoms with van der Waals surface area (Å²) in [4.78, 5) is 36.7. The van der Waals surface area contributed by atoms with Gasteiger partial charge in [0.05, 0.1) is 5.39 Å². The summed E-state index contributed by atoms with van der Waals surface area (Å²) >= 11 is 0. The number of alkyl halides is 4. The van der Waals surface area contributed by atoms with Gasteiger partial charge in [0.1, 0.15) is 23.8 Å². The van der Waals surface area contributed by atoms with Gasteiger partial charge in [0.2, 0.25) is 0 Å². The topological polar surface area (TPSA) is 88.2 Å². The van der Waals surface area contributed by atoms with Crippen LogP contribution in [0.3, 0.4) is 0 Å². The molecule has 1 aromatic carbocycles. The highest BCUT2D eigenvalue weighted by Gasteiger charge is 2.38. The lowest BCUT2D eigenvalue weighted by Gasteiger charge is -2.37. The van der Waals surface area contributed by atoms with Crippen molar-refractivity contribution in [1.29, 1.82) is 0 Å². The Hall–Kier alpha value is -3.50. The van der Waals surface area contributed by atoms with Crippen LogP contribution in [0, 0.1) is 18.8 Å². The Bertz CT molecular complexity index is 1330. The van der Waals surface area contributed by atoms with E-state index in [1.54, 1.807) is 18.7 Å². The number of likely N-dealkylation sites (tertiary alicyclic amines) is 1. The lowest BCUT2D eigenvalue weighted by Crippen LogP contribution is -2.48. The number of aromatic nitrogens is 3. The number of pyridine rings is 1. The maximum atomic E-state index is 14.1. The van der Waals surface area contributed by atoms with Crippen LogP contribution in [0.4, 0.5) is 17.6 Å². The van der Waals surface area contributed by atoms with Gasteiger partial charge >= 0.3 is 6.18 Å². The van der Waals surface area contributed by atoms with E-state index in [2.05, 4.69) is 15.0 Å². The number of fused-ring (bicyclic) bond motifs is 1. The molecule has 1 aliphatic heterocycles. The number of H-pyrrole nitrogens is 1. The van der Waals surface area contributed by atoms with Crippen molar-refractivity contribution in [3.05, 3.63) is 63.3 Å². The molecule has 0 saturated carbocycles. The van der Waals surface area contributed by atoms with Crippen LogP contribution in [-0.2, 0) is 6.18 Å². The highest BCUT2D eigenvalue weighted by molar-refractivity contribution is 5.94. The zero-order chi connectivity index (χ0) is 26.4. The minimum Gasteiger partial charge on any atom is -0.486 e. The molecule has 3 unspecified atom stereocenters. The normalized spacial score (nSPS) is 21.4. The van der Waals surface area contributed by atoms with Crippen molar-refractivity contribution in [2.24, 2.45) is 11.8 Å². The third kappa shape index (κ3) is 5.05. The number of nitrogens with zero attached hydrogens (tertiary/aromatic N) is 3. The number of halogens is 4. The second-order valence-electron chi connectivity index (χ2n) is 9.34. The molecule has 0 radical (unpaired) electrons. The second kappa shape index (κ2) is 9.51. The molecule has 3 heterocycles. The van der Waals surface area contributed by atoms with Gasteiger partial charge in [0, 0.05) is 36.1 Å². The zero-order valence-electron chi connectivity index (χ0n) is 20.2. The number of aromatic amines is 1. The van der Waals surface area contributed by atoms with Crippen LogP contribution in [-0.4, -0.2) is 45.0 Å². The van der Waals surface area contributed by atoms with E-state index in [-0.39, 0.29) is 45.9 Å². The van der Waals surface area contributed by atoms with E-state index in [0.717, 1.165) is 6.07 Å². The molecule has 3 atom stereocenters. The SMILES string of the molecule is Cc1nc2nc(C(F)(F)F)c(C(C)Oc3ccc(C(=O)N4CC(C)C(F)C(C)C4)cc3)cc2c(=O)[nH]1. The van der Waals surface area contributed by atoms with Gasteiger partial charge in [-0.1, -0.05) is 13.8 Å². The monoisotopic (exact) mass is 506 g/mol. The largest absolute Gasteiger partial charge is 0.486 e. The maximum absolute atomic E-state index is 14.1. The predicted molar refractivity (Wildman–Crippen MR) is 125 cm³/mol. The molecule has 4 rings (SSSR count). The number of hydrogen-bond acceptors (Lipinski definition) is 5. The maximum Gasteiger partial charge on any atom is 0.433 e. The van der Waals surface area contributed by atoms with E-state index >= 15 is 0 Å². The zero-order valence-corrected chi connectivity index (χ0v) is 20.2. The molecule has 1 amide bonds. The molecule has 0 bridgehead atoms. The van der Waals surface area contributed by atoms with Crippen LogP contribution in [0.1, 0.15) is 54.3 Å². The molecule has 1 fully saturated rings.